The fourth-order valence-corrected chi connectivity index (χ4v) is 3.32. The first-order valence-corrected chi connectivity index (χ1v) is 8.09. The summed E-state index contributed by atoms with van der Waals surface area (Å²) < 4.78 is 0. The maximum atomic E-state index is 12.8. The fraction of sp³-hybridized carbons (Fsp3) is 0.611. The molecule has 1 amide bonds. The van der Waals surface area contributed by atoms with Gasteiger partial charge in [0, 0.05) is 17.6 Å². The van der Waals surface area contributed by atoms with E-state index in [0.717, 1.165) is 5.56 Å². The van der Waals surface area contributed by atoms with Crippen LogP contribution in [0.3, 0.4) is 0 Å². The summed E-state index contributed by atoms with van der Waals surface area (Å²) in [4.78, 5) is 15.0. The van der Waals surface area contributed by atoms with Crippen LogP contribution in [0.25, 0.3) is 0 Å². The fourth-order valence-electron chi connectivity index (χ4n) is 3.32. The Kier molecular flexibility index (Phi) is 3.82. The van der Waals surface area contributed by atoms with Crippen molar-refractivity contribution in [3.05, 3.63) is 35.4 Å². The molecule has 0 atom stereocenters. The van der Waals surface area contributed by atoms with Crippen molar-refractivity contribution in [2.75, 3.05) is 0 Å². The average Bonchev–Trinajstić information content (AvgIpc) is 3.13. The van der Waals surface area contributed by atoms with Gasteiger partial charge in [0.2, 0.25) is 0 Å². The molecule has 2 nitrogen and oxygen atoms in total. The monoisotopic (exact) mass is 271 g/mol. The average molecular weight is 271 g/mol. The molecule has 0 spiro atoms. The van der Waals surface area contributed by atoms with Crippen molar-refractivity contribution < 1.29 is 4.79 Å². The summed E-state index contributed by atoms with van der Waals surface area (Å²) in [7, 11) is 0. The Hall–Kier alpha value is -1.31. The van der Waals surface area contributed by atoms with E-state index in [4.69, 9.17) is 0 Å². The Labute approximate surface area is 122 Å². The van der Waals surface area contributed by atoms with Gasteiger partial charge in [-0.15, -0.1) is 0 Å². The predicted molar refractivity (Wildman–Crippen MR) is 82.0 cm³/mol. The maximum Gasteiger partial charge on any atom is 0.254 e. The van der Waals surface area contributed by atoms with Gasteiger partial charge in [0.15, 0.2) is 0 Å². The SMILES string of the molecule is CC(C)c1ccc(C(=O)N(C2CCCC2)C2CC2)cc1. The number of rotatable bonds is 4. The maximum absolute atomic E-state index is 12.8. The van der Waals surface area contributed by atoms with Gasteiger partial charge in [-0.05, 0) is 49.3 Å². The third-order valence-corrected chi connectivity index (χ3v) is 4.72. The Morgan fingerprint density at radius 2 is 1.55 bits per heavy atom. The molecule has 3 rings (SSSR count). The first-order chi connectivity index (χ1) is 9.66. The zero-order chi connectivity index (χ0) is 14.1. The summed E-state index contributed by atoms with van der Waals surface area (Å²) >= 11 is 0. The quantitative estimate of drug-likeness (QED) is 0.797. The van der Waals surface area contributed by atoms with Crippen LogP contribution < -0.4 is 0 Å². The van der Waals surface area contributed by atoms with Crippen LogP contribution in [0.1, 0.15) is 74.2 Å². The highest BCUT2D eigenvalue weighted by atomic mass is 16.2. The predicted octanol–water partition coefficient (Wildman–Crippen LogP) is 4.36. The summed E-state index contributed by atoms with van der Waals surface area (Å²) in [6.07, 6.45) is 7.37. The first-order valence-electron chi connectivity index (χ1n) is 8.09. The lowest BCUT2D eigenvalue weighted by atomic mass is 10.0. The van der Waals surface area contributed by atoms with Gasteiger partial charge < -0.3 is 4.90 Å². The second-order valence-corrected chi connectivity index (χ2v) is 6.66. The molecule has 0 saturated heterocycles. The van der Waals surface area contributed by atoms with Gasteiger partial charge >= 0.3 is 0 Å². The molecule has 2 aliphatic rings. The van der Waals surface area contributed by atoms with Crippen molar-refractivity contribution in [1.82, 2.24) is 4.90 Å². The molecule has 108 valence electrons. The summed E-state index contributed by atoms with van der Waals surface area (Å²) in [5, 5.41) is 0. The Morgan fingerprint density at radius 3 is 2.05 bits per heavy atom. The molecule has 2 aliphatic carbocycles. The van der Waals surface area contributed by atoms with Crippen LogP contribution in [0.4, 0.5) is 0 Å². The largest absolute Gasteiger partial charge is 0.333 e. The zero-order valence-electron chi connectivity index (χ0n) is 12.6. The number of nitrogens with zero attached hydrogens (tertiary/aromatic N) is 1. The van der Waals surface area contributed by atoms with Crippen LogP contribution in [0.5, 0.6) is 0 Å². The molecule has 0 radical (unpaired) electrons. The number of benzene rings is 1. The Balaban J connectivity index is 1.78. The summed E-state index contributed by atoms with van der Waals surface area (Å²) in [6, 6.07) is 9.27. The number of amides is 1. The topological polar surface area (TPSA) is 20.3 Å². The Morgan fingerprint density at radius 1 is 1.00 bits per heavy atom. The van der Waals surface area contributed by atoms with E-state index in [2.05, 4.69) is 30.9 Å². The van der Waals surface area contributed by atoms with E-state index in [1.807, 2.05) is 12.1 Å². The normalized spacial score (nSPS) is 19.6. The van der Waals surface area contributed by atoms with Crippen molar-refractivity contribution in [2.24, 2.45) is 0 Å². The lowest BCUT2D eigenvalue weighted by Crippen LogP contribution is -2.40. The molecule has 2 saturated carbocycles. The molecule has 20 heavy (non-hydrogen) atoms. The molecular formula is C18H25NO. The van der Waals surface area contributed by atoms with E-state index in [1.165, 1.54) is 44.1 Å². The molecule has 0 bridgehead atoms. The zero-order valence-corrected chi connectivity index (χ0v) is 12.6. The van der Waals surface area contributed by atoms with E-state index in [1.54, 1.807) is 0 Å². The van der Waals surface area contributed by atoms with E-state index in [9.17, 15) is 4.79 Å². The van der Waals surface area contributed by atoms with E-state index >= 15 is 0 Å². The molecule has 0 aromatic heterocycles. The molecule has 0 aliphatic heterocycles. The highest BCUT2D eigenvalue weighted by Crippen LogP contribution is 2.35. The molecule has 0 heterocycles. The van der Waals surface area contributed by atoms with Crippen LogP contribution in [-0.4, -0.2) is 22.9 Å². The van der Waals surface area contributed by atoms with Crippen molar-refractivity contribution in [3.63, 3.8) is 0 Å². The summed E-state index contributed by atoms with van der Waals surface area (Å²) in [5.41, 5.74) is 2.17. The molecular weight excluding hydrogens is 246 g/mol. The van der Waals surface area contributed by atoms with Crippen molar-refractivity contribution in [2.45, 2.75) is 70.4 Å². The number of carbonyl (C=O) groups excluding carboxylic acids is 1. The second-order valence-electron chi connectivity index (χ2n) is 6.66. The second kappa shape index (κ2) is 5.59. The highest BCUT2D eigenvalue weighted by molar-refractivity contribution is 5.95. The third-order valence-electron chi connectivity index (χ3n) is 4.72. The smallest absolute Gasteiger partial charge is 0.254 e. The van der Waals surface area contributed by atoms with Crippen LogP contribution in [-0.2, 0) is 0 Å². The minimum absolute atomic E-state index is 0.259. The summed E-state index contributed by atoms with van der Waals surface area (Å²) in [5.74, 6) is 0.781. The van der Waals surface area contributed by atoms with Gasteiger partial charge in [0.25, 0.3) is 5.91 Å². The number of hydrogen-bond donors (Lipinski definition) is 0. The van der Waals surface area contributed by atoms with Crippen LogP contribution in [0.2, 0.25) is 0 Å². The molecule has 2 fully saturated rings. The van der Waals surface area contributed by atoms with Gasteiger partial charge in [-0.2, -0.15) is 0 Å². The lowest BCUT2D eigenvalue weighted by Gasteiger charge is -2.29. The molecule has 0 N–H and O–H groups in total. The Bertz CT molecular complexity index is 467. The van der Waals surface area contributed by atoms with E-state index < -0.39 is 0 Å². The molecule has 2 heteroatoms. The van der Waals surface area contributed by atoms with Gasteiger partial charge in [-0.1, -0.05) is 38.8 Å². The van der Waals surface area contributed by atoms with Crippen molar-refractivity contribution in [3.8, 4) is 0 Å². The minimum atomic E-state index is 0.259. The van der Waals surface area contributed by atoms with Crippen LogP contribution >= 0.6 is 0 Å². The lowest BCUT2D eigenvalue weighted by molar-refractivity contribution is 0.0664. The van der Waals surface area contributed by atoms with E-state index in [-0.39, 0.29) is 5.91 Å². The van der Waals surface area contributed by atoms with Crippen molar-refractivity contribution in [1.29, 1.82) is 0 Å². The van der Waals surface area contributed by atoms with Crippen molar-refractivity contribution >= 4 is 5.91 Å². The molecule has 1 aromatic rings. The van der Waals surface area contributed by atoms with Gasteiger partial charge in [0.1, 0.15) is 0 Å². The van der Waals surface area contributed by atoms with Crippen LogP contribution in [0, 0.1) is 0 Å². The van der Waals surface area contributed by atoms with Crippen LogP contribution in [0.15, 0.2) is 24.3 Å². The number of carbonyl (C=O) groups is 1. The van der Waals surface area contributed by atoms with Gasteiger partial charge in [0.05, 0.1) is 0 Å². The molecule has 1 aromatic carbocycles. The van der Waals surface area contributed by atoms with Gasteiger partial charge in [-0.3, -0.25) is 4.79 Å². The van der Waals surface area contributed by atoms with Gasteiger partial charge in [-0.25, -0.2) is 0 Å². The summed E-state index contributed by atoms with van der Waals surface area (Å²) in [6.45, 7) is 4.37. The molecule has 0 unspecified atom stereocenters. The van der Waals surface area contributed by atoms with E-state index in [0.29, 0.717) is 18.0 Å². The number of hydrogen-bond acceptors (Lipinski definition) is 1. The highest BCUT2D eigenvalue weighted by Gasteiger charge is 2.38. The third kappa shape index (κ3) is 2.74. The first kappa shape index (κ1) is 13.7. The minimum Gasteiger partial charge on any atom is -0.333 e. The standard InChI is InChI=1S/C18H25NO/c1-13(2)14-7-9-15(10-8-14)18(20)19(17-11-12-17)16-5-3-4-6-16/h7-10,13,16-17H,3-6,11-12H2,1-2H3.